The van der Waals surface area contributed by atoms with E-state index in [9.17, 15) is 18.0 Å². The first-order valence-electron chi connectivity index (χ1n) is 5.78. The predicted molar refractivity (Wildman–Crippen MR) is 63.0 cm³/mol. The lowest BCUT2D eigenvalue weighted by molar-refractivity contribution is -0.143. The highest BCUT2D eigenvalue weighted by Gasteiger charge is 2.35. The van der Waals surface area contributed by atoms with Crippen LogP contribution in [-0.4, -0.2) is 19.7 Å². The minimum Gasteiger partial charge on any atom is -0.496 e. The predicted octanol–water partition coefficient (Wildman–Crippen LogP) is 3.21. The fourth-order valence-electron chi connectivity index (χ4n) is 1.72. The average Bonchev–Trinajstić information content (AvgIpc) is 2.35. The first kappa shape index (κ1) is 15.3. The van der Waals surface area contributed by atoms with E-state index in [-0.39, 0.29) is 25.2 Å². The molecule has 0 radical (unpaired) electrons. The van der Waals surface area contributed by atoms with Crippen molar-refractivity contribution in [3.63, 3.8) is 0 Å². The van der Waals surface area contributed by atoms with Crippen LogP contribution in [-0.2, 0) is 22.1 Å². The zero-order valence-corrected chi connectivity index (χ0v) is 10.7. The summed E-state index contributed by atoms with van der Waals surface area (Å²) < 4.78 is 47.8. The minimum absolute atomic E-state index is 0.0194. The van der Waals surface area contributed by atoms with E-state index in [2.05, 4.69) is 0 Å². The quantitative estimate of drug-likeness (QED) is 0.775. The number of ether oxygens (including phenoxy) is 2. The summed E-state index contributed by atoms with van der Waals surface area (Å²) in [4.78, 5) is 11.2. The molecule has 0 aromatic heterocycles. The topological polar surface area (TPSA) is 35.5 Å². The van der Waals surface area contributed by atoms with Crippen molar-refractivity contribution in [2.75, 3.05) is 13.7 Å². The van der Waals surface area contributed by atoms with Crippen LogP contribution in [0, 0.1) is 0 Å². The largest absolute Gasteiger partial charge is 0.496 e. The van der Waals surface area contributed by atoms with Crippen molar-refractivity contribution in [2.24, 2.45) is 0 Å². The average molecular weight is 276 g/mol. The van der Waals surface area contributed by atoms with E-state index in [1.807, 2.05) is 0 Å². The summed E-state index contributed by atoms with van der Waals surface area (Å²) in [7, 11) is 1.18. The highest BCUT2D eigenvalue weighted by molar-refractivity contribution is 5.69. The molecule has 0 unspecified atom stereocenters. The molecule has 0 aliphatic heterocycles. The third-order valence-corrected chi connectivity index (χ3v) is 2.51. The lowest BCUT2D eigenvalue weighted by Gasteiger charge is -2.15. The summed E-state index contributed by atoms with van der Waals surface area (Å²) in [5.74, 6) is -0.679. The van der Waals surface area contributed by atoms with Crippen LogP contribution in [0.15, 0.2) is 18.2 Å². The number of alkyl halides is 3. The molecule has 6 heteroatoms. The number of aryl methyl sites for hydroxylation is 1. The number of methoxy groups -OCH3 is 1. The van der Waals surface area contributed by atoms with Crippen LogP contribution in [0.25, 0.3) is 0 Å². The summed E-state index contributed by atoms with van der Waals surface area (Å²) in [6.07, 6.45) is -4.32. The Morgan fingerprint density at radius 1 is 1.32 bits per heavy atom. The van der Waals surface area contributed by atoms with Gasteiger partial charge in [0.05, 0.1) is 19.3 Å². The Bertz CT molecular complexity index is 441. The van der Waals surface area contributed by atoms with Crippen molar-refractivity contribution in [3.05, 3.63) is 29.3 Å². The molecule has 0 aliphatic rings. The molecule has 106 valence electrons. The highest BCUT2D eigenvalue weighted by atomic mass is 19.4. The molecule has 1 aromatic carbocycles. The molecule has 0 heterocycles. The van der Waals surface area contributed by atoms with Gasteiger partial charge in [0.25, 0.3) is 0 Å². The van der Waals surface area contributed by atoms with Crippen molar-refractivity contribution in [1.29, 1.82) is 0 Å². The van der Waals surface area contributed by atoms with Gasteiger partial charge in [0.1, 0.15) is 5.75 Å². The summed E-state index contributed by atoms with van der Waals surface area (Å²) in [5.41, 5.74) is -0.498. The smallest absolute Gasteiger partial charge is 0.419 e. The van der Waals surface area contributed by atoms with Gasteiger partial charge in [-0.05, 0) is 25.0 Å². The number of benzene rings is 1. The second-order valence-corrected chi connectivity index (χ2v) is 3.80. The van der Waals surface area contributed by atoms with Crippen molar-refractivity contribution < 1.29 is 27.4 Å². The van der Waals surface area contributed by atoms with Crippen LogP contribution in [0.4, 0.5) is 13.2 Å². The summed E-state index contributed by atoms with van der Waals surface area (Å²) in [6, 6.07) is 3.76. The number of para-hydroxylation sites is 1. The molecule has 19 heavy (non-hydrogen) atoms. The molecule has 0 amide bonds. The number of hydrogen-bond acceptors (Lipinski definition) is 3. The van der Waals surface area contributed by atoms with Gasteiger partial charge in [0.15, 0.2) is 0 Å². The van der Waals surface area contributed by atoms with E-state index in [1.165, 1.54) is 19.2 Å². The lowest BCUT2D eigenvalue weighted by Crippen LogP contribution is -2.10. The number of carbonyl (C=O) groups excluding carboxylic acids is 1. The van der Waals surface area contributed by atoms with Gasteiger partial charge in [-0.25, -0.2) is 0 Å². The normalized spacial score (nSPS) is 11.2. The van der Waals surface area contributed by atoms with Gasteiger partial charge in [0.2, 0.25) is 0 Å². The standard InChI is InChI=1S/C13H15F3O3/c1-3-19-11(17)8-7-9-5-4-6-10(12(9)18-2)13(14,15)16/h4-6H,3,7-8H2,1-2H3. The van der Waals surface area contributed by atoms with E-state index in [1.54, 1.807) is 6.92 Å². The van der Waals surface area contributed by atoms with Gasteiger partial charge in [-0.1, -0.05) is 12.1 Å². The number of hydrogen-bond donors (Lipinski definition) is 0. The fourth-order valence-corrected chi connectivity index (χ4v) is 1.72. The number of carbonyl (C=O) groups is 1. The van der Waals surface area contributed by atoms with Crippen molar-refractivity contribution in [3.8, 4) is 5.75 Å². The molecule has 0 fully saturated rings. The first-order valence-corrected chi connectivity index (χ1v) is 5.78. The molecule has 1 aromatic rings. The number of halogens is 3. The van der Waals surface area contributed by atoms with Crippen LogP contribution in [0.5, 0.6) is 5.75 Å². The molecule has 0 aliphatic carbocycles. The molecule has 0 N–H and O–H groups in total. The van der Waals surface area contributed by atoms with Gasteiger partial charge in [0, 0.05) is 6.42 Å². The van der Waals surface area contributed by atoms with Crippen LogP contribution < -0.4 is 4.74 Å². The maximum absolute atomic E-state index is 12.8. The fraction of sp³-hybridized carbons (Fsp3) is 0.462. The van der Waals surface area contributed by atoms with Crippen molar-refractivity contribution in [2.45, 2.75) is 25.9 Å². The Hall–Kier alpha value is -1.72. The van der Waals surface area contributed by atoms with E-state index in [0.717, 1.165) is 6.07 Å². The number of rotatable bonds is 5. The van der Waals surface area contributed by atoms with Crippen LogP contribution in [0.1, 0.15) is 24.5 Å². The summed E-state index contributed by atoms with van der Waals surface area (Å²) in [6.45, 7) is 1.92. The zero-order valence-electron chi connectivity index (χ0n) is 10.7. The highest BCUT2D eigenvalue weighted by Crippen LogP contribution is 2.38. The molecule has 0 saturated heterocycles. The molecular weight excluding hydrogens is 261 g/mol. The van der Waals surface area contributed by atoms with Gasteiger partial charge in [-0.2, -0.15) is 13.2 Å². The molecule has 0 spiro atoms. The van der Waals surface area contributed by atoms with Gasteiger partial charge < -0.3 is 9.47 Å². The lowest BCUT2D eigenvalue weighted by atomic mass is 10.0. The Labute approximate surface area is 109 Å². The third kappa shape index (κ3) is 4.15. The van der Waals surface area contributed by atoms with Gasteiger partial charge in [-0.15, -0.1) is 0 Å². The third-order valence-electron chi connectivity index (χ3n) is 2.51. The zero-order chi connectivity index (χ0) is 14.5. The molecule has 0 atom stereocenters. The maximum atomic E-state index is 12.8. The Kier molecular flexibility index (Phi) is 5.20. The van der Waals surface area contributed by atoms with Gasteiger partial charge in [-0.3, -0.25) is 4.79 Å². The Morgan fingerprint density at radius 2 is 2.00 bits per heavy atom. The SMILES string of the molecule is CCOC(=O)CCc1cccc(C(F)(F)F)c1OC. The second kappa shape index (κ2) is 6.45. The van der Waals surface area contributed by atoms with Crippen LogP contribution in [0.2, 0.25) is 0 Å². The van der Waals surface area contributed by atoms with Gasteiger partial charge >= 0.3 is 12.1 Å². The van der Waals surface area contributed by atoms with Crippen molar-refractivity contribution in [1.82, 2.24) is 0 Å². The van der Waals surface area contributed by atoms with Crippen LogP contribution in [0.3, 0.4) is 0 Å². The number of esters is 1. The summed E-state index contributed by atoms with van der Waals surface area (Å²) >= 11 is 0. The minimum atomic E-state index is -4.48. The monoisotopic (exact) mass is 276 g/mol. The van der Waals surface area contributed by atoms with Crippen LogP contribution >= 0.6 is 0 Å². The van der Waals surface area contributed by atoms with E-state index >= 15 is 0 Å². The Morgan fingerprint density at radius 3 is 2.53 bits per heavy atom. The van der Waals surface area contributed by atoms with Crippen molar-refractivity contribution >= 4 is 5.97 Å². The molecule has 0 saturated carbocycles. The summed E-state index contributed by atoms with van der Waals surface area (Å²) in [5, 5.41) is 0. The molecule has 1 rings (SSSR count). The van der Waals surface area contributed by atoms with E-state index in [4.69, 9.17) is 9.47 Å². The van der Waals surface area contributed by atoms with E-state index < -0.39 is 17.7 Å². The van der Waals surface area contributed by atoms with E-state index in [0.29, 0.717) is 5.56 Å². The molecule has 0 bridgehead atoms. The molecular formula is C13H15F3O3. The Balaban J connectivity index is 2.93. The first-order chi connectivity index (χ1) is 8.90. The maximum Gasteiger partial charge on any atom is 0.419 e. The second-order valence-electron chi connectivity index (χ2n) is 3.80. The molecule has 3 nitrogen and oxygen atoms in total.